The van der Waals surface area contributed by atoms with Crippen molar-refractivity contribution in [2.24, 2.45) is 0 Å². The fourth-order valence-electron chi connectivity index (χ4n) is 1.67. The topological polar surface area (TPSA) is 77.8 Å². The quantitative estimate of drug-likeness (QED) is 0.393. The van der Waals surface area contributed by atoms with Gasteiger partial charge in [-0.3, -0.25) is 14.5 Å². The summed E-state index contributed by atoms with van der Waals surface area (Å²) >= 11 is 0. The van der Waals surface area contributed by atoms with Crippen molar-refractivity contribution in [1.82, 2.24) is 4.90 Å². The monoisotopic (exact) mass is 458 g/mol. The second-order valence-corrected chi connectivity index (χ2v) is 3.50. The van der Waals surface area contributed by atoms with Crippen LogP contribution in [0.25, 0.3) is 0 Å². The van der Waals surface area contributed by atoms with E-state index >= 15 is 0 Å². The second kappa shape index (κ2) is 5.11. The third-order valence-corrected chi connectivity index (χ3v) is 2.45. The van der Waals surface area contributed by atoms with Crippen molar-refractivity contribution < 1.29 is 50.9 Å². The number of hydrogen-bond donors (Lipinski definition) is 2. The summed E-state index contributed by atoms with van der Waals surface area (Å²) < 4.78 is 0. The minimum Gasteiger partial charge on any atom is -0.504 e. The van der Waals surface area contributed by atoms with E-state index in [0.29, 0.717) is 6.42 Å². The van der Waals surface area contributed by atoms with Crippen LogP contribution in [0.1, 0.15) is 27.1 Å². The van der Waals surface area contributed by atoms with Crippen LogP contribution in [0, 0.1) is 38.0 Å². The molecule has 1 heterocycles. The van der Waals surface area contributed by atoms with Crippen LogP contribution in [-0.2, 0) is 0 Å². The first-order chi connectivity index (χ1) is 7.56. The van der Waals surface area contributed by atoms with E-state index in [1.165, 1.54) is 0 Å². The summed E-state index contributed by atoms with van der Waals surface area (Å²) in [5.74, 6) is -1.73. The van der Waals surface area contributed by atoms with E-state index in [4.69, 9.17) is 0 Å². The van der Waals surface area contributed by atoms with Gasteiger partial charge in [-0.05, 0) is 12.1 Å². The summed E-state index contributed by atoms with van der Waals surface area (Å²) in [6.07, 6.45) is 0.420. The van der Waals surface area contributed by atoms with Crippen molar-refractivity contribution in [2.45, 2.75) is 6.42 Å². The van der Waals surface area contributed by atoms with Gasteiger partial charge >= 0.3 is 0 Å². The number of phenols is 2. The van der Waals surface area contributed by atoms with Crippen LogP contribution in [0.3, 0.4) is 0 Å². The van der Waals surface area contributed by atoms with E-state index in [-0.39, 0.29) is 48.8 Å². The Bertz CT molecular complexity index is 446. The number of nitrogens with zero attached hydrogens (tertiary/aromatic N) is 1. The summed E-state index contributed by atoms with van der Waals surface area (Å²) in [5, 5.41) is 18.5. The SMILES string of the molecule is [CH2-]CCN1C(=O)c2cc(O)c(O)cc2C1=O.[U]. The molecule has 0 aliphatic carbocycles. The number of carbonyl (C=O) groups is 2. The third kappa shape index (κ3) is 2.20. The first kappa shape index (κ1) is 14.1. The molecule has 5 nitrogen and oxygen atoms in total. The Kier molecular flexibility index (Phi) is 4.23. The second-order valence-electron chi connectivity index (χ2n) is 3.50. The smallest absolute Gasteiger partial charge is 0.261 e. The third-order valence-electron chi connectivity index (χ3n) is 2.45. The van der Waals surface area contributed by atoms with Crippen LogP contribution in [0.5, 0.6) is 11.5 Å². The van der Waals surface area contributed by atoms with Crippen molar-refractivity contribution in [3.63, 3.8) is 0 Å². The molecule has 0 unspecified atom stereocenters. The first-order valence-corrected chi connectivity index (χ1v) is 4.77. The van der Waals surface area contributed by atoms with Crippen LogP contribution in [-0.4, -0.2) is 33.5 Å². The zero-order valence-corrected chi connectivity index (χ0v) is 13.1. The molecule has 0 bridgehead atoms. The molecule has 0 radical (unpaired) electrons. The van der Waals surface area contributed by atoms with Gasteiger partial charge in [0.05, 0.1) is 11.1 Å². The maximum Gasteiger partial charge on any atom is 0.261 e. The molecule has 0 saturated heterocycles. The Morgan fingerprint density at radius 1 is 1.06 bits per heavy atom. The van der Waals surface area contributed by atoms with Crippen molar-refractivity contribution in [1.29, 1.82) is 0 Å². The summed E-state index contributed by atoms with van der Waals surface area (Å²) in [7, 11) is 0. The van der Waals surface area contributed by atoms with Crippen molar-refractivity contribution in [3.05, 3.63) is 30.2 Å². The molecule has 0 aromatic heterocycles. The molecule has 2 rings (SSSR count). The molecular formula is C11H10NO4U-. The van der Waals surface area contributed by atoms with Gasteiger partial charge in [0, 0.05) is 37.7 Å². The van der Waals surface area contributed by atoms with Gasteiger partial charge in [-0.1, -0.05) is 0 Å². The van der Waals surface area contributed by atoms with E-state index in [1.54, 1.807) is 0 Å². The number of imide groups is 1. The van der Waals surface area contributed by atoms with E-state index < -0.39 is 23.3 Å². The van der Waals surface area contributed by atoms with Gasteiger partial charge in [0.25, 0.3) is 11.8 Å². The van der Waals surface area contributed by atoms with Crippen LogP contribution < -0.4 is 0 Å². The van der Waals surface area contributed by atoms with E-state index in [1.807, 2.05) is 0 Å². The van der Waals surface area contributed by atoms with Gasteiger partial charge in [-0.2, -0.15) is 6.42 Å². The summed E-state index contributed by atoms with van der Waals surface area (Å²) in [4.78, 5) is 24.5. The van der Waals surface area contributed by atoms with E-state index in [0.717, 1.165) is 17.0 Å². The van der Waals surface area contributed by atoms with Crippen LogP contribution in [0.15, 0.2) is 12.1 Å². The molecule has 2 amide bonds. The molecule has 1 aromatic rings. The van der Waals surface area contributed by atoms with E-state index in [9.17, 15) is 19.8 Å². The summed E-state index contributed by atoms with van der Waals surface area (Å²) in [6.45, 7) is 3.80. The van der Waals surface area contributed by atoms with Gasteiger partial charge in [0.15, 0.2) is 11.5 Å². The molecule has 0 atom stereocenters. The van der Waals surface area contributed by atoms with E-state index in [2.05, 4.69) is 6.92 Å². The number of rotatable bonds is 2. The fraction of sp³-hybridized carbons (Fsp3) is 0.182. The number of amides is 2. The molecule has 1 aliphatic heterocycles. The average Bonchev–Trinajstić information content (AvgIpc) is 2.46. The predicted molar refractivity (Wildman–Crippen MR) is 55.1 cm³/mol. The molecule has 0 saturated carbocycles. The zero-order valence-electron chi connectivity index (χ0n) is 8.93. The number of benzene rings is 1. The number of phenolic OH excluding ortho intramolecular Hbond substituents is 2. The summed E-state index contributed by atoms with van der Waals surface area (Å²) in [5.41, 5.74) is 0.238. The minimum atomic E-state index is -0.459. The Hall–Kier alpha value is -0.988. The van der Waals surface area contributed by atoms with Crippen LogP contribution in [0.4, 0.5) is 0 Å². The molecule has 17 heavy (non-hydrogen) atoms. The number of carbonyl (C=O) groups excluding carboxylic acids is 2. The molecule has 1 aromatic carbocycles. The standard InChI is InChI=1S/C11H10NO4.U/c1-2-3-12-10(15)6-4-8(13)9(14)5-7(6)11(12)16;/h4-5,13-14H,1-3H2;/q-1;. The Balaban J connectivity index is 0.00000144. The Morgan fingerprint density at radius 3 is 1.82 bits per heavy atom. The molecular weight excluding hydrogens is 448 g/mol. The zero-order chi connectivity index (χ0) is 11.9. The van der Waals surface area contributed by atoms with Crippen molar-refractivity contribution >= 4 is 11.8 Å². The average molecular weight is 458 g/mol. The summed E-state index contributed by atoms with van der Waals surface area (Å²) in [6, 6.07) is 2.21. The molecule has 2 N–H and O–H groups in total. The largest absolute Gasteiger partial charge is 0.504 e. The van der Waals surface area contributed by atoms with Gasteiger partial charge < -0.3 is 17.1 Å². The fourth-order valence-corrected chi connectivity index (χ4v) is 1.67. The maximum absolute atomic E-state index is 11.7. The van der Waals surface area contributed by atoms with Crippen molar-refractivity contribution in [2.75, 3.05) is 6.54 Å². The van der Waals surface area contributed by atoms with Gasteiger partial charge in [-0.15, -0.1) is 0 Å². The molecule has 0 fully saturated rings. The maximum atomic E-state index is 11.7. The van der Waals surface area contributed by atoms with Gasteiger partial charge in [-0.25, -0.2) is 0 Å². The van der Waals surface area contributed by atoms with Gasteiger partial charge in [0.1, 0.15) is 0 Å². The minimum absolute atomic E-state index is 0. The normalized spacial score (nSPS) is 13.6. The molecule has 1 aliphatic rings. The first-order valence-electron chi connectivity index (χ1n) is 4.77. The van der Waals surface area contributed by atoms with Gasteiger partial charge in [0.2, 0.25) is 0 Å². The number of aromatic hydroxyl groups is 2. The Morgan fingerprint density at radius 2 is 1.47 bits per heavy atom. The molecule has 88 valence electrons. The number of fused-ring (bicyclic) bond motifs is 1. The van der Waals surface area contributed by atoms with Crippen molar-refractivity contribution in [3.8, 4) is 11.5 Å². The predicted octanol–water partition coefficient (Wildman–Crippen LogP) is 0.918. The van der Waals surface area contributed by atoms with Crippen LogP contribution >= 0.6 is 0 Å². The Labute approximate surface area is 122 Å². The van der Waals surface area contributed by atoms with Crippen LogP contribution in [0.2, 0.25) is 0 Å². The molecule has 0 spiro atoms. The molecule has 6 heteroatoms. The number of hydrogen-bond acceptors (Lipinski definition) is 4.